The van der Waals surface area contributed by atoms with Gasteiger partial charge in [-0.2, -0.15) is 0 Å². The Morgan fingerprint density at radius 2 is 1.67 bits per heavy atom. The van der Waals surface area contributed by atoms with Gasteiger partial charge in [-0.1, -0.05) is 13.8 Å². The van der Waals surface area contributed by atoms with Gasteiger partial charge >= 0.3 is 0 Å². The number of rotatable bonds is 5. The summed E-state index contributed by atoms with van der Waals surface area (Å²) in [6.45, 7) is 3.73. The Kier molecular flexibility index (Phi) is 4.20. The van der Waals surface area contributed by atoms with E-state index in [0.29, 0.717) is 19.3 Å². The fourth-order valence-electron chi connectivity index (χ4n) is 0.979. The van der Waals surface area contributed by atoms with Crippen molar-refractivity contribution in [2.45, 2.75) is 38.7 Å². The van der Waals surface area contributed by atoms with Crippen LogP contribution in [0, 0.1) is 0 Å². The second-order valence-electron chi connectivity index (χ2n) is 3.31. The summed E-state index contributed by atoms with van der Waals surface area (Å²) in [6.07, 6.45) is 2.76. The maximum atomic E-state index is 10.8. The quantitative estimate of drug-likeness (QED) is 0.709. The number of hydrogen-bond acceptors (Lipinski definition) is 3. The van der Waals surface area contributed by atoms with E-state index in [2.05, 4.69) is 0 Å². The SMILES string of the molecule is CCC(O)(CC)CCS(C)(=O)=O. The summed E-state index contributed by atoms with van der Waals surface area (Å²) in [5, 5.41) is 9.73. The van der Waals surface area contributed by atoms with E-state index < -0.39 is 15.4 Å². The molecule has 0 aromatic rings. The minimum Gasteiger partial charge on any atom is -0.390 e. The average Bonchev–Trinajstić information content (AvgIpc) is 1.99. The molecule has 0 saturated carbocycles. The Morgan fingerprint density at radius 1 is 1.25 bits per heavy atom. The first-order valence-corrected chi connectivity index (χ1v) is 6.29. The van der Waals surface area contributed by atoms with Crippen molar-refractivity contribution < 1.29 is 13.5 Å². The third-order valence-corrected chi connectivity index (χ3v) is 3.20. The lowest BCUT2D eigenvalue weighted by Crippen LogP contribution is -2.29. The Bertz CT molecular complexity index is 214. The van der Waals surface area contributed by atoms with Crippen molar-refractivity contribution in [2.24, 2.45) is 0 Å². The molecule has 0 aromatic carbocycles. The van der Waals surface area contributed by atoms with Crippen molar-refractivity contribution in [3.8, 4) is 0 Å². The van der Waals surface area contributed by atoms with Gasteiger partial charge in [0.2, 0.25) is 0 Å². The van der Waals surface area contributed by atoms with Crippen LogP contribution in [-0.2, 0) is 9.84 Å². The van der Waals surface area contributed by atoms with Crippen molar-refractivity contribution in [1.82, 2.24) is 0 Å². The molecule has 0 rings (SSSR count). The Balaban J connectivity index is 4.07. The smallest absolute Gasteiger partial charge is 0.147 e. The van der Waals surface area contributed by atoms with Crippen LogP contribution in [0.2, 0.25) is 0 Å². The second-order valence-corrected chi connectivity index (χ2v) is 5.57. The average molecular weight is 194 g/mol. The summed E-state index contributed by atoms with van der Waals surface area (Å²) in [4.78, 5) is 0. The van der Waals surface area contributed by atoms with E-state index in [0.717, 1.165) is 0 Å². The standard InChI is InChI=1S/C8H18O3S/c1-4-8(9,5-2)6-7-12(3,10)11/h9H,4-7H2,1-3H3. The van der Waals surface area contributed by atoms with Crippen LogP contribution in [0.3, 0.4) is 0 Å². The highest BCUT2D eigenvalue weighted by atomic mass is 32.2. The molecule has 0 spiro atoms. The minimum atomic E-state index is -2.94. The van der Waals surface area contributed by atoms with Gasteiger partial charge in [-0.25, -0.2) is 8.42 Å². The van der Waals surface area contributed by atoms with Crippen LogP contribution in [-0.4, -0.2) is 31.1 Å². The lowest BCUT2D eigenvalue weighted by atomic mass is 9.95. The number of aliphatic hydroxyl groups is 1. The van der Waals surface area contributed by atoms with Crippen LogP contribution < -0.4 is 0 Å². The molecule has 0 radical (unpaired) electrons. The van der Waals surface area contributed by atoms with Gasteiger partial charge in [0.15, 0.2) is 0 Å². The van der Waals surface area contributed by atoms with Gasteiger partial charge < -0.3 is 5.11 Å². The third kappa shape index (κ3) is 4.72. The predicted molar refractivity (Wildman–Crippen MR) is 49.9 cm³/mol. The van der Waals surface area contributed by atoms with E-state index >= 15 is 0 Å². The zero-order valence-corrected chi connectivity index (χ0v) is 8.82. The Labute approximate surface area is 74.7 Å². The molecule has 1 N–H and O–H groups in total. The summed E-state index contributed by atoms with van der Waals surface area (Å²) in [6, 6.07) is 0. The highest BCUT2D eigenvalue weighted by Crippen LogP contribution is 2.19. The molecule has 0 aromatic heterocycles. The van der Waals surface area contributed by atoms with Gasteiger partial charge in [-0.3, -0.25) is 0 Å². The van der Waals surface area contributed by atoms with Gasteiger partial charge in [-0.15, -0.1) is 0 Å². The second kappa shape index (κ2) is 4.23. The highest BCUT2D eigenvalue weighted by molar-refractivity contribution is 7.90. The molecular formula is C8H18O3S. The molecule has 0 heterocycles. The molecule has 0 saturated heterocycles. The molecule has 4 heteroatoms. The van der Waals surface area contributed by atoms with Crippen LogP contribution in [0.4, 0.5) is 0 Å². The summed E-state index contributed by atoms with van der Waals surface area (Å²) in [5.41, 5.74) is -0.789. The van der Waals surface area contributed by atoms with Gasteiger partial charge in [0.25, 0.3) is 0 Å². The van der Waals surface area contributed by atoms with E-state index in [1.165, 1.54) is 6.26 Å². The lowest BCUT2D eigenvalue weighted by molar-refractivity contribution is 0.0292. The summed E-state index contributed by atoms with van der Waals surface area (Å²) in [7, 11) is -2.94. The van der Waals surface area contributed by atoms with Crippen molar-refractivity contribution in [3.63, 3.8) is 0 Å². The molecule has 74 valence electrons. The van der Waals surface area contributed by atoms with E-state index in [9.17, 15) is 13.5 Å². The molecule has 0 aliphatic rings. The molecule has 0 unspecified atom stereocenters. The first kappa shape index (κ1) is 11.9. The number of sulfone groups is 1. The van der Waals surface area contributed by atoms with E-state index in [1.807, 2.05) is 13.8 Å². The largest absolute Gasteiger partial charge is 0.390 e. The topological polar surface area (TPSA) is 54.4 Å². The Hall–Kier alpha value is -0.0900. The fourth-order valence-corrected chi connectivity index (χ4v) is 1.73. The molecule has 0 fully saturated rings. The molecule has 0 atom stereocenters. The van der Waals surface area contributed by atoms with E-state index in [-0.39, 0.29) is 5.75 Å². The summed E-state index contributed by atoms with van der Waals surface area (Å²) < 4.78 is 21.6. The van der Waals surface area contributed by atoms with Crippen molar-refractivity contribution in [1.29, 1.82) is 0 Å². The van der Waals surface area contributed by atoms with Crippen LogP contribution >= 0.6 is 0 Å². The lowest BCUT2D eigenvalue weighted by Gasteiger charge is -2.24. The van der Waals surface area contributed by atoms with Crippen molar-refractivity contribution >= 4 is 9.84 Å². The van der Waals surface area contributed by atoms with E-state index in [1.54, 1.807) is 0 Å². The summed E-state index contributed by atoms with van der Waals surface area (Å²) >= 11 is 0. The van der Waals surface area contributed by atoms with E-state index in [4.69, 9.17) is 0 Å². The maximum Gasteiger partial charge on any atom is 0.147 e. The minimum absolute atomic E-state index is 0.0746. The first-order chi connectivity index (χ1) is 5.33. The zero-order valence-electron chi connectivity index (χ0n) is 8.00. The van der Waals surface area contributed by atoms with Crippen molar-refractivity contribution in [3.05, 3.63) is 0 Å². The molecule has 3 nitrogen and oxygen atoms in total. The molecule has 12 heavy (non-hydrogen) atoms. The van der Waals surface area contributed by atoms with Crippen LogP contribution in [0.1, 0.15) is 33.1 Å². The predicted octanol–water partition coefficient (Wildman–Crippen LogP) is 0.972. The van der Waals surface area contributed by atoms with Gasteiger partial charge in [0.1, 0.15) is 9.84 Å². The normalized spacial score (nSPS) is 13.3. The molecular weight excluding hydrogens is 176 g/mol. The summed E-state index contributed by atoms with van der Waals surface area (Å²) in [5.74, 6) is 0.0746. The van der Waals surface area contributed by atoms with Gasteiger partial charge in [0, 0.05) is 6.26 Å². The third-order valence-electron chi connectivity index (χ3n) is 2.25. The van der Waals surface area contributed by atoms with Crippen LogP contribution in [0.25, 0.3) is 0 Å². The fraction of sp³-hybridized carbons (Fsp3) is 1.00. The first-order valence-electron chi connectivity index (χ1n) is 4.23. The van der Waals surface area contributed by atoms with Crippen molar-refractivity contribution in [2.75, 3.05) is 12.0 Å². The zero-order chi connectivity index (χ0) is 9.83. The maximum absolute atomic E-state index is 10.8. The molecule has 0 aliphatic carbocycles. The monoisotopic (exact) mass is 194 g/mol. The van der Waals surface area contributed by atoms with Crippen LogP contribution in [0.5, 0.6) is 0 Å². The van der Waals surface area contributed by atoms with Crippen LogP contribution in [0.15, 0.2) is 0 Å². The molecule has 0 amide bonds. The Morgan fingerprint density at radius 3 is 1.92 bits per heavy atom. The molecule has 0 aliphatic heterocycles. The highest BCUT2D eigenvalue weighted by Gasteiger charge is 2.23. The number of hydrogen-bond donors (Lipinski definition) is 1. The molecule has 0 bridgehead atoms. The van der Waals surface area contributed by atoms with Gasteiger partial charge in [-0.05, 0) is 19.3 Å². The van der Waals surface area contributed by atoms with Gasteiger partial charge in [0.05, 0.1) is 11.4 Å².